The summed E-state index contributed by atoms with van der Waals surface area (Å²) in [7, 11) is 1.08. The Kier molecular flexibility index (Phi) is 7.80. The van der Waals surface area contributed by atoms with E-state index in [0.717, 1.165) is 43.7 Å². The number of imidazole rings is 1. The van der Waals surface area contributed by atoms with Crippen LogP contribution in [0.4, 0.5) is 22.0 Å². The number of carbonyl (C=O) groups excluding carboxylic acids is 2. The largest absolute Gasteiger partial charge is 0.469 e. The highest BCUT2D eigenvalue weighted by atomic mass is 19.4. The van der Waals surface area contributed by atoms with Crippen LogP contribution < -0.4 is 0 Å². The molecule has 0 bridgehead atoms. The van der Waals surface area contributed by atoms with Crippen LogP contribution in [-0.2, 0) is 20.5 Å². The van der Waals surface area contributed by atoms with Crippen LogP contribution in [0.1, 0.15) is 18.7 Å². The maximum Gasteiger partial charge on any atom is 0.450 e. The Labute approximate surface area is 196 Å². The molecule has 1 unspecified atom stereocenters. The lowest BCUT2D eigenvalue weighted by Crippen LogP contribution is -2.16. The van der Waals surface area contributed by atoms with Crippen molar-refractivity contribution in [2.45, 2.75) is 25.1 Å². The first kappa shape index (κ1) is 25.8. The number of rotatable bonds is 8. The predicted molar refractivity (Wildman–Crippen MR) is 116 cm³/mol. The Balaban J connectivity index is 2.11. The first-order valence-corrected chi connectivity index (χ1v) is 10.2. The monoisotopic (exact) mass is 494 g/mol. The van der Waals surface area contributed by atoms with E-state index in [-0.39, 0.29) is 22.5 Å². The van der Waals surface area contributed by atoms with Gasteiger partial charge in [0.2, 0.25) is 5.82 Å². The number of Topliss-reactive ketones (excluding diaryl/α,β-unsaturated/α-hetero) is 1. The van der Waals surface area contributed by atoms with Crippen LogP contribution in [0.3, 0.4) is 0 Å². The Morgan fingerprint density at radius 3 is 2.09 bits per heavy atom. The standard InChI is InChI=1S/C24H19F5N2O4/c1-35-20(34)13-19(33)12-18(32)10-11-31-22(15-4-8-17(26)9-5-15)21(30-23(31)24(27,28)29)14-2-6-16(25)7-3-14/h2-11,18,32H,12-13H2,1H3. The molecule has 0 aliphatic carbocycles. The van der Waals surface area contributed by atoms with E-state index < -0.39 is 54.3 Å². The molecule has 184 valence electrons. The van der Waals surface area contributed by atoms with E-state index in [1.54, 1.807) is 0 Å². The minimum atomic E-state index is -4.94. The number of nitrogens with zero attached hydrogens (tertiary/aromatic N) is 2. The molecule has 1 heterocycles. The molecule has 35 heavy (non-hydrogen) atoms. The van der Waals surface area contributed by atoms with Crippen LogP contribution in [0.2, 0.25) is 0 Å². The summed E-state index contributed by atoms with van der Waals surface area (Å²) < 4.78 is 73.7. The number of aromatic nitrogens is 2. The van der Waals surface area contributed by atoms with E-state index in [1.165, 1.54) is 24.3 Å². The van der Waals surface area contributed by atoms with Gasteiger partial charge in [0.25, 0.3) is 0 Å². The van der Waals surface area contributed by atoms with Gasteiger partial charge in [0, 0.05) is 23.7 Å². The second-order valence-electron chi connectivity index (χ2n) is 7.42. The summed E-state index contributed by atoms with van der Waals surface area (Å²) in [6.45, 7) is 0. The highest BCUT2D eigenvalue weighted by Gasteiger charge is 2.39. The van der Waals surface area contributed by atoms with E-state index in [0.29, 0.717) is 4.57 Å². The van der Waals surface area contributed by atoms with Crippen molar-refractivity contribution in [2.75, 3.05) is 7.11 Å². The summed E-state index contributed by atoms with van der Waals surface area (Å²) in [5.74, 6) is -4.08. The van der Waals surface area contributed by atoms with Gasteiger partial charge < -0.3 is 9.84 Å². The molecule has 0 saturated carbocycles. The average Bonchev–Trinajstić information content (AvgIpc) is 3.18. The van der Waals surface area contributed by atoms with Crippen LogP contribution in [0.25, 0.3) is 28.7 Å². The molecule has 1 aromatic heterocycles. The Morgan fingerprint density at radius 2 is 1.57 bits per heavy atom. The number of alkyl halides is 3. The molecule has 0 aliphatic rings. The molecular weight excluding hydrogens is 475 g/mol. The van der Waals surface area contributed by atoms with Crippen molar-refractivity contribution in [3.05, 3.63) is 72.1 Å². The number of hydrogen-bond donors (Lipinski definition) is 1. The van der Waals surface area contributed by atoms with Gasteiger partial charge in [-0.15, -0.1) is 0 Å². The zero-order valence-electron chi connectivity index (χ0n) is 18.2. The first-order chi connectivity index (χ1) is 16.5. The quantitative estimate of drug-likeness (QED) is 0.275. The molecule has 0 amide bonds. The number of halogens is 5. The topological polar surface area (TPSA) is 81.4 Å². The van der Waals surface area contributed by atoms with E-state index >= 15 is 0 Å². The van der Waals surface area contributed by atoms with Gasteiger partial charge in [-0.3, -0.25) is 14.2 Å². The molecule has 0 aliphatic heterocycles. The van der Waals surface area contributed by atoms with Crippen molar-refractivity contribution in [1.29, 1.82) is 0 Å². The van der Waals surface area contributed by atoms with Gasteiger partial charge in [0.15, 0.2) is 0 Å². The van der Waals surface area contributed by atoms with Gasteiger partial charge in [-0.2, -0.15) is 13.2 Å². The first-order valence-electron chi connectivity index (χ1n) is 10.2. The SMILES string of the molecule is COC(=O)CC(=O)CC(O)C=Cn1c(C(F)(F)F)nc(-c2ccc(F)cc2)c1-c1ccc(F)cc1. The maximum atomic E-state index is 13.9. The molecule has 3 aromatic rings. The lowest BCUT2D eigenvalue weighted by Gasteiger charge is -2.12. The second-order valence-corrected chi connectivity index (χ2v) is 7.42. The van der Waals surface area contributed by atoms with Gasteiger partial charge in [-0.05, 0) is 54.6 Å². The number of ketones is 1. The number of aliphatic hydroxyl groups is 1. The number of carbonyl (C=O) groups is 2. The van der Waals surface area contributed by atoms with Crippen LogP contribution >= 0.6 is 0 Å². The average molecular weight is 494 g/mol. The molecule has 0 fully saturated rings. The third kappa shape index (κ3) is 6.38. The summed E-state index contributed by atoms with van der Waals surface area (Å²) in [6.07, 6.45) is -5.78. The van der Waals surface area contributed by atoms with Crippen LogP contribution in [0, 0.1) is 11.6 Å². The lowest BCUT2D eigenvalue weighted by molar-refractivity contribution is -0.146. The molecular formula is C24H19F5N2O4. The number of esters is 1. The van der Waals surface area contributed by atoms with Crippen molar-refractivity contribution in [2.24, 2.45) is 0 Å². The van der Waals surface area contributed by atoms with E-state index in [9.17, 15) is 36.6 Å². The Morgan fingerprint density at radius 1 is 1.03 bits per heavy atom. The number of hydrogen-bond acceptors (Lipinski definition) is 5. The highest BCUT2D eigenvalue weighted by Crippen LogP contribution is 2.39. The fraction of sp³-hybridized carbons (Fsp3) is 0.208. The number of benzene rings is 2. The summed E-state index contributed by atoms with van der Waals surface area (Å²) >= 11 is 0. The van der Waals surface area contributed by atoms with E-state index in [2.05, 4.69) is 9.72 Å². The molecule has 2 aromatic carbocycles. The molecule has 1 atom stereocenters. The van der Waals surface area contributed by atoms with Gasteiger partial charge in [0.05, 0.1) is 24.6 Å². The second kappa shape index (κ2) is 10.6. The van der Waals surface area contributed by atoms with E-state index in [1.807, 2.05) is 0 Å². The molecule has 3 rings (SSSR count). The summed E-state index contributed by atoms with van der Waals surface area (Å²) in [5.41, 5.74) is 0.0601. The minimum Gasteiger partial charge on any atom is -0.469 e. The third-order valence-corrected chi connectivity index (χ3v) is 4.86. The fourth-order valence-electron chi connectivity index (χ4n) is 3.26. The fourth-order valence-corrected chi connectivity index (χ4v) is 3.26. The van der Waals surface area contributed by atoms with Crippen molar-refractivity contribution in [3.63, 3.8) is 0 Å². The molecule has 6 nitrogen and oxygen atoms in total. The van der Waals surface area contributed by atoms with Gasteiger partial charge in [0.1, 0.15) is 23.8 Å². The van der Waals surface area contributed by atoms with Crippen LogP contribution in [0.15, 0.2) is 54.6 Å². The van der Waals surface area contributed by atoms with E-state index in [4.69, 9.17) is 0 Å². The molecule has 1 N–H and O–H groups in total. The molecule has 11 heteroatoms. The van der Waals surface area contributed by atoms with Crippen molar-refractivity contribution < 1.29 is 41.4 Å². The van der Waals surface area contributed by atoms with Crippen molar-refractivity contribution >= 4 is 18.0 Å². The summed E-state index contributed by atoms with van der Waals surface area (Å²) in [5, 5.41) is 10.1. The van der Waals surface area contributed by atoms with Gasteiger partial charge in [-0.1, -0.05) is 0 Å². The number of ether oxygens (including phenoxy) is 1. The lowest BCUT2D eigenvalue weighted by atomic mass is 10.0. The minimum absolute atomic E-state index is 0.103. The smallest absolute Gasteiger partial charge is 0.450 e. The Hall–Kier alpha value is -3.86. The normalized spacial score (nSPS) is 12.7. The maximum absolute atomic E-state index is 13.9. The third-order valence-electron chi connectivity index (χ3n) is 4.86. The van der Waals surface area contributed by atoms with Gasteiger partial charge in [-0.25, -0.2) is 13.8 Å². The van der Waals surface area contributed by atoms with Crippen molar-refractivity contribution in [3.8, 4) is 22.5 Å². The van der Waals surface area contributed by atoms with Gasteiger partial charge >= 0.3 is 12.1 Å². The summed E-state index contributed by atoms with van der Waals surface area (Å²) in [4.78, 5) is 26.8. The van der Waals surface area contributed by atoms with Crippen molar-refractivity contribution in [1.82, 2.24) is 9.55 Å². The molecule has 0 radical (unpaired) electrons. The summed E-state index contributed by atoms with van der Waals surface area (Å²) in [6, 6.07) is 9.22. The van der Waals surface area contributed by atoms with Crippen LogP contribution in [0.5, 0.6) is 0 Å². The zero-order chi connectivity index (χ0) is 25.8. The molecule has 0 spiro atoms. The predicted octanol–water partition coefficient (Wildman–Crippen LogP) is 4.87. The number of aliphatic hydroxyl groups excluding tert-OH is 1. The van der Waals surface area contributed by atoms with Crippen LogP contribution in [-0.4, -0.2) is 39.6 Å². The Bertz CT molecular complexity index is 1230. The molecule has 0 saturated heterocycles. The zero-order valence-corrected chi connectivity index (χ0v) is 18.2. The highest BCUT2D eigenvalue weighted by molar-refractivity contribution is 5.95. The number of methoxy groups -OCH3 is 1.